The summed E-state index contributed by atoms with van der Waals surface area (Å²) in [6, 6.07) is 15.0. The van der Waals surface area contributed by atoms with Crippen LogP contribution in [0.2, 0.25) is 0 Å². The number of amides is 2. The van der Waals surface area contributed by atoms with Gasteiger partial charge in [0.15, 0.2) is 5.82 Å². The van der Waals surface area contributed by atoms with Crippen molar-refractivity contribution in [2.24, 2.45) is 0 Å². The minimum atomic E-state index is -0.172. The maximum Gasteiger partial charge on any atom is 0.321 e. The van der Waals surface area contributed by atoms with E-state index in [1.807, 2.05) is 62.4 Å². The zero-order valence-corrected chi connectivity index (χ0v) is 16.5. The minimum Gasteiger partial charge on any atom is -0.496 e. The van der Waals surface area contributed by atoms with Crippen LogP contribution in [0.15, 0.2) is 48.5 Å². The highest BCUT2D eigenvalue weighted by molar-refractivity contribution is 5.89. The number of carbonyl (C=O) groups excluding carboxylic acids is 1. The molecule has 3 rings (SSSR count). The number of carbonyl (C=O) groups is 1. The van der Waals surface area contributed by atoms with Gasteiger partial charge in [-0.3, -0.25) is 0 Å². The number of likely N-dealkylation sites (N-methyl/N-ethyl adjacent to an activating group) is 1. The summed E-state index contributed by atoms with van der Waals surface area (Å²) in [5.74, 6) is 1.53. The summed E-state index contributed by atoms with van der Waals surface area (Å²) in [5.41, 5.74) is 2.60. The molecule has 1 heterocycles. The molecule has 0 aliphatic heterocycles. The van der Waals surface area contributed by atoms with E-state index in [1.54, 1.807) is 23.7 Å². The van der Waals surface area contributed by atoms with E-state index in [-0.39, 0.29) is 12.1 Å². The predicted octanol–water partition coefficient (Wildman–Crippen LogP) is 3.07. The van der Waals surface area contributed by atoms with Crippen molar-refractivity contribution in [1.82, 2.24) is 25.1 Å². The van der Waals surface area contributed by atoms with Gasteiger partial charge in [-0.05, 0) is 66.6 Å². The van der Waals surface area contributed by atoms with E-state index in [0.29, 0.717) is 17.9 Å². The Bertz CT molecular complexity index is 938. The summed E-state index contributed by atoms with van der Waals surface area (Å²) in [6.07, 6.45) is 0.700. The topological polar surface area (TPSA) is 85.2 Å². The maximum absolute atomic E-state index is 12.6. The molecule has 0 bridgehead atoms. The second-order valence-electron chi connectivity index (χ2n) is 6.59. The van der Waals surface area contributed by atoms with Gasteiger partial charge >= 0.3 is 6.03 Å². The molecule has 8 nitrogen and oxygen atoms in total. The molecule has 28 heavy (non-hydrogen) atoms. The number of benzene rings is 2. The SMILES string of the molecule is COc1ccccc1C[C@@H](C)N(C)C(=O)Nc1ccc(-n2nnnc2C)cc1. The quantitative estimate of drug-likeness (QED) is 0.710. The first-order chi connectivity index (χ1) is 13.5. The average molecular weight is 380 g/mol. The van der Waals surface area contributed by atoms with Crippen molar-refractivity contribution in [2.45, 2.75) is 26.3 Å². The minimum absolute atomic E-state index is 0.000513. The lowest BCUT2D eigenvalue weighted by molar-refractivity contribution is 0.207. The lowest BCUT2D eigenvalue weighted by Crippen LogP contribution is -2.39. The lowest BCUT2D eigenvalue weighted by Gasteiger charge is -2.26. The molecule has 0 radical (unpaired) electrons. The average Bonchev–Trinajstić information content (AvgIpc) is 3.14. The number of urea groups is 1. The number of aromatic nitrogens is 4. The Hall–Kier alpha value is -3.42. The third-order valence-electron chi connectivity index (χ3n) is 4.68. The Morgan fingerprint density at radius 2 is 1.93 bits per heavy atom. The van der Waals surface area contributed by atoms with Crippen LogP contribution in [-0.2, 0) is 6.42 Å². The number of ether oxygens (including phenoxy) is 1. The van der Waals surface area contributed by atoms with Crippen molar-refractivity contribution in [3.63, 3.8) is 0 Å². The number of methoxy groups -OCH3 is 1. The molecule has 2 amide bonds. The molecule has 0 saturated carbocycles. The molecule has 0 fully saturated rings. The fourth-order valence-electron chi connectivity index (χ4n) is 2.89. The highest BCUT2D eigenvalue weighted by Gasteiger charge is 2.18. The van der Waals surface area contributed by atoms with E-state index >= 15 is 0 Å². The first-order valence-corrected chi connectivity index (χ1v) is 9.00. The van der Waals surface area contributed by atoms with Crippen molar-refractivity contribution < 1.29 is 9.53 Å². The van der Waals surface area contributed by atoms with Gasteiger partial charge in [0.05, 0.1) is 12.8 Å². The Labute approximate surface area is 164 Å². The summed E-state index contributed by atoms with van der Waals surface area (Å²) in [4.78, 5) is 14.3. The number of hydrogen-bond acceptors (Lipinski definition) is 5. The Morgan fingerprint density at radius 3 is 2.57 bits per heavy atom. The van der Waals surface area contributed by atoms with Crippen LogP contribution in [0.25, 0.3) is 5.69 Å². The highest BCUT2D eigenvalue weighted by atomic mass is 16.5. The van der Waals surface area contributed by atoms with Crippen molar-refractivity contribution in [1.29, 1.82) is 0 Å². The predicted molar refractivity (Wildman–Crippen MR) is 107 cm³/mol. The summed E-state index contributed by atoms with van der Waals surface area (Å²) in [5, 5.41) is 14.4. The lowest BCUT2D eigenvalue weighted by atomic mass is 10.1. The number of aryl methyl sites for hydroxylation is 1. The van der Waals surface area contributed by atoms with Gasteiger partial charge in [-0.2, -0.15) is 4.68 Å². The van der Waals surface area contributed by atoms with Crippen LogP contribution in [0.4, 0.5) is 10.5 Å². The van der Waals surface area contributed by atoms with E-state index in [1.165, 1.54) is 0 Å². The molecule has 0 aliphatic carbocycles. The molecule has 0 saturated heterocycles. The van der Waals surface area contributed by atoms with Gasteiger partial charge < -0.3 is 15.0 Å². The summed E-state index contributed by atoms with van der Waals surface area (Å²) >= 11 is 0. The number of rotatable bonds is 6. The Kier molecular flexibility index (Phi) is 5.88. The van der Waals surface area contributed by atoms with Crippen LogP contribution in [0.1, 0.15) is 18.3 Å². The fraction of sp³-hybridized carbons (Fsp3) is 0.300. The van der Waals surface area contributed by atoms with E-state index in [9.17, 15) is 4.79 Å². The first kappa shape index (κ1) is 19.3. The number of nitrogens with zero attached hydrogens (tertiary/aromatic N) is 5. The molecule has 146 valence electrons. The van der Waals surface area contributed by atoms with Gasteiger partial charge in [0, 0.05) is 18.8 Å². The second-order valence-corrected chi connectivity index (χ2v) is 6.59. The zero-order valence-electron chi connectivity index (χ0n) is 16.5. The van der Waals surface area contributed by atoms with Crippen LogP contribution >= 0.6 is 0 Å². The van der Waals surface area contributed by atoms with Gasteiger partial charge in [-0.1, -0.05) is 18.2 Å². The highest BCUT2D eigenvalue weighted by Crippen LogP contribution is 2.21. The van der Waals surface area contributed by atoms with Gasteiger partial charge in [0.2, 0.25) is 0 Å². The standard InChI is InChI=1S/C20H24N6O2/c1-14(13-16-7-5-6-8-19(16)28-4)25(3)20(27)21-17-9-11-18(12-10-17)26-15(2)22-23-24-26/h5-12,14H,13H2,1-4H3,(H,21,27)/t14-/m1/s1. The van der Waals surface area contributed by atoms with E-state index < -0.39 is 0 Å². The van der Waals surface area contributed by atoms with Crippen LogP contribution in [0.5, 0.6) is 5.75 Å². The third-order valence-corrected chi connectivity index (χ3v) is 4.68. The van der Waals surface area contributed by atoms with E-state index in [0.717, 1.165) is 17.0 Å². The molecule has 1 aromatic heterocycles. The molecule has 0 unspecified atom stereocenters. The normalized spacial score (nSPS) is 11.7. The molecular formula is C20H24N6O2. The van der Waals surface area contributed by atoms with Crippen molar-refractivity contribution in [3.05, 3.63) is 59.9 Å². The van der Waals surface area contributed by atoms with Crippen LogP contribution < -0.4 is 10.1 Å². The maximum atomic E-state index is 12.6. The monoisotopic (exact) mass is 380 g/mol. The Morgan fingerprint density at radius 1 is 1.21 bits per heavy atom. The van der Waals surface area contributed by atoms with Gasteiger partial charge in [0.1, 0.15) is 5.75 Å². The van der Waals surface area contributed by atoms with Crippen molar-refractivity contribution in [2.75, 3.05) is 19.5 Å². The second kappa shape index (κ2) is 8.51. The molecule has 0 spiro atoms. The fourth-order valence-corrected chi connectivity index (χ4v) is 2.89. The smallest absolute Gasteiger partial charge is 0.321 e. The number of anilines is 1. The molecule has 1 atom stereocenters. The molecule has 8 heteroatoms. The van der Waals surface area contributed by atoms with E-state index in [2.05, 4.69) is 20.8 Å². The summed E-state index contributed by atoms with van der Waals surface area (Å²) in [6.45, 7) is 3.84. The van der Waals surface area contributed by atoms with Crippen LogP contribution in [-0.4, -0.2) is 51.3 Å². The van der Waals surface area contributed by atoms with E-state index in [4.69, 9.17) is 4.74 Å². The van der Waals surface area contributed by atoms with Crippen molar-refractivity contribution >= 4 is 11.7 Å². The molecule has 3 aromatic rings. The first-order valence-electron chi connectivity index (χ1n) is 9.00. The van der Waals surface area contributed by atoms with Gasteiger partial charge in [-0.15, -0.1) is 5.10 Å². The number of hydrogen-bond donors (Lipinski definition) is 1. The molecule has 0 aliphatic rings. The van der Waals surface area contributed by atoms with Crippen LogP contribution in [0.3, 0.4) is 0 Å². The van der Waals surface area contributed by atoms with Crippen molar-refractivity contribution in [3.8, 4) is 11.4 Å². The Balaban J connectivity index is 1.62. The number of tetrazole rings is 1. The molecule has 1 N–H and O–H groups in total. The number of para-hydroxylation sites is 1. The van der Waals surface area contributed by atoms with Gasteiger partial charge in [0.25, 0.3) is 0 Å². The largest absolute Gasteiger partial charge is 0.496 e. The summed E-state index contributed by atoms with van der Waals surface area (Å²) < 4.78 is 7.03. The molecular weight excluding hydrogens is 356 g/mol. The third kappa shape index (κ3) is 4.28. The zero-order chi connectivity index (χ0) is 20.1. The molecule has 2 aromatic carbocycles. The van der Waals surface area contributed by atoms with Gasteiger partial charge in [-0.25, -0.2) is 4.79 Å². The van der Waals surface area contributed by atoms with Crippen LogP contribution in [0, 0.1) is 6.92 Å². The number of nitrogens with one attached hydrogen (secondary N) is 1. The summed E-state index contributed by atoms with van der Waals surface area (Å²) in [7, 11) is 3.44.